The van der Waals surface area contributed by atoms with Crippen LogP contribution in [0.2, 0.25) is 0 Å². The molecule has 45 heavy (non-hydrogen) atoms. The second-order valence-corrected chi connectivity index (χ2v) is 13.0. The molecule has 2 heterocycles. The molecule has 3 atom stereocenters. The Kier molecular flexibility index (Phi) is 11.8. The molecule has 2 aliphatic heterocycles. The van der Waals surface area contributed by atoms with Crippen molar-refractivity contribution in [2.24, 2.45) is 0 Å². The second kappa shape index (κ2) is 14.9. The Bertz CT molecular complexity index is 1270. The van der Waals surface area contributed by atoms with Gasteiger partial charge in [-0.1, -0.05) is 0 Å². The lowest BCUT2D eigenvalue weighted by Crippen LogP contribution is -2.50. The number of amides is 5. The zero-order valence-corrected chi connectivity index (χ0v) is 27.6. The SMILES string of the molecule is CN(C)CCN(C)C(=O)[C@@H]1CCC(=O)N(C)CC(=O)N2C[C@H](NC(=O)OC(C)(C)C)C[C@H]2COc2ccc(F)cc2C(=O)N1C. The molecule has 1 aromatic carbocycles. The third-order valence-electron chi connectivity index (χ3n) is 7.82. The average molecular weight is 635 g/mol. The first kappa shape index (κ1) is 35.5. The zero-order chi connectivity index (χ0) is 33.6. The van der Waals surface area contributed by atoms with Gasteiger partial charge in [-0.15, -0.1) is 0 Å². The summed E-state index contributed by atoms with van der Waals surface area (Å²) in [6, 6.07) is 1.54. The number of likely N-dealkylation sites (N-methyl/N-ethyl adjacent to an activating group) is 4. The topological polar surface area (TPSA) is 132 Å². The number of carbonyl (C=O) groups is 5. The van der Waals surface area contributed by atoms with Crippen LogP contribution in [-0.4, -0.2) is 146 Å². The van der Waals surface area contributed by atoms with Crippen LogP contribution >= 0.6 is 0 Å². The highest BCUT2D eigenvalue weighted by Crippen LogP contribution is 2.26. The number of ether oxygens (including phenoxy) is 2. The van der Waals surface area contributed by atoms with Gasteiger partial charge in [-0.05, 0) is 65.9 Å². The minimum Gasteiger partial charge on any atom is -0.491 e. The van der Waals surface area contributed by atoms with E-state index in [-0.39, 0.29) is 61.6 Å². The van der Waals surface area contributed by atoms with Gasteiger partial charge in [0, 0.05) is 47.2 Å². The zero-order valence-electron chi connectivity index (χ0n) is 27.6. The van der Waals surface area contributed by atoms with Crippen LogP contribution in [0.25, 0.3) is 0 Å². The molecule has 5 amide bonds. The Morgan fingerprint density at radius 2 is 1.78 bits per heavy atom. The number of hydrogen-bond acceptors (Lipinski definition) is 8. The van der Waals surface area contributed by atoms with Crippen molar-refractivity contribution in [3.05, 3.63) is 29.6 Å². The number of rotatable bonds is 5. The maximum atomic E-state index is 14.5. The number of hydrogen-bond donors (Lipinski definition) is 1. The second-order valence-electron chi connectivity index (χ2n) is 13.0. The van der Waals surface area contributed by atoms with E-state index in [1.165, 1.54) is 39.8 Å². The van der Waals surface area contributed by atoms with Gasteiger partial charge in [-0.3, -0.25) is 19.2 Å². The number of fused-ring (bicyclic) bond motifs is 2. The summed E-state index contributed by atoms with van der Waals surface area (Å²) in [5.41, 5.74) is -0.803. The van der Waals surface area contributed by atoms with E-state index in [4.69, 9.17) is 9.47 Å². The van der Waals surface area contributed by atoms with Gasteiger partial charge in [0.15, 0.2) is 0 Å². The first-order valence-corrected chi connectivity index (χ1v) is 15.1. The lowest BCUT2D eigenvalue weighted by molar-refractivity contribution is -0.141. The molecule has 14 heteroatoms. The minimum atomic E-state index is -1.03. The van der Waals surface area contributed by atoms with Crippen molar-refractivity contribution in [1.82, 2.24) is 29.8 Å². The summed E-state index contributed by atoms with van der Waals surface area (Å²) in [6.45, 7) is 6.07. The number of alkyl carbamates (subject to hydrolysis) is 1. The summed E-state index contributed by atoms with van der Waals surface area (Å²) >= 11 is 0. The van der Waals surface area contributed by atoms with Crippen molar-refractivity contribution in [3.63, 3.8) is 0 Å². The summed E-state index contributed by atoms with van der Waals surface area (Å²) in [6.07, 6.45) is -0.423. The maximum Gasteiger partial charge on any atom is 0.407 e. The van der Waals surface area contributed by atoms with E-state index in [9.17, 15) is 28.4 Å². The van der Waals surface area contributed by atoms with Crippen LogP contribution in [0.1, 0.15) is 50.4 Å². The Hall–Kier alpha value is -3.94. The first-order valence-electron chi connectivity index (χ1n) is 15.1. The fourth-order valence-corrected chi connectivity index (χ4v) is 5.30. The van der Waals surface area contributed by atoms with Gasteiger partial charge in [0.05, 0.1) is 24.2 Å². The molecule has 1 fully saturated rings. The van der Waals surface area contributed by atoms with Crippen LogP contribution in [0, 0.1) is 5.82 Å². The van der Waals surface area contributed by atoms with Gasteiger partial charge in [-0.25, -0.2) is 9.18 Å². The number of nitrogens with one attached hydrogen (secondary N) is 1. The minimum absolute atomic E-state index is 0.00945. The number of benzene rings is 1. The third-order valence-corrected chi connectivity index (χ3v) is 7.82. The molecule has 0 aliphatic carbocycles. The van der Waals surface area contributed by atoms with E-state index in [1.807, 2.05) is 19.0 Å². The lowest BCUT2D eigenvalue weighted by Gasteiger charge is -2.32. The molecule has 1 N–H and O–H groups in total. The summed E-state index contributed by atoms with van der Waals surface area (Å²) in [4.78, 5) is 74.0. The molecule has 1 aromatic rings. The summed E-state index contributed by atoms with van der Waals surface area (Å²) in [7, 11) is 8.33. The fourth-order valence-electron chi connectivity index (χ4n) is 5.30. The van der Waals surface area contributed by atoms with E-state index in [0.29, 0.717) is 19.5 Å². The van der Waals surface area contributed by atoms with Gasteiger partial charge in [0.2, 0.25) is 17.7 Å². The van der Waals surface area contributed by atoms with Gasteiger partial charge in [-0.2, -0.15) is 0 Å². The quantitative estimate of drug-likeness (QED) is 0.515. The van der Waals surface area contributed by atoms with Crippen molar-refractivity contribution in [2.45, 2.75) is 63.8 Å². The van der Waals surface area contributed by atoms with Crippen LogP contribution in [0.15, 0.2) is 18.2 Å². The van der Waals surface area contributed by atoms with Gasteiger partial charge < -0.3 is 39.3 Å². The highest BCUT2D eigenvalue weighted by Gasteiger charge is 2.39. The largest absolute Gasteiger partial charge is 0.491 e. The highest BCUT2D eigenvalue weighted by atomic mass is 19.1. The molecule has 250 valence electrons. The van der Waals surface area contributed by atoms with E-state index >= 15 is 0 Å². The molecule has 2 aliphatic rings. The Labute approximate surface area is 264 Å². The summed E-state index contributed by atoms with van der Waals surface area (Å²) in [5.74, 6) is -2.34. The van der Waals surface area contributed by atoms with Gasteiger partial charge in [0.25, 0.3) is 5.91 Å². The van der Waals surface area contributed by atoms with Gasteiger partial charge >= 0.3 is 6.09 Å². The van der Waals surface area contributed by atoms with E-state index in [0.717, 1.165) is 12.1 Å². The number of halogens is 1. The highest BCUT2D eigenvalue weighted by molar-refractivity contribution is 5.99. The van der Waals surface area contributed by atoms with Crippen molar-refractivity contribution >= 4 is 29.7 Å². The van der Waals surface area contributed by atoms with E-state index in [1.54, 1.807) is 27.8 Å². The summed E-state index contributed by atoms with van der Waals surface area (Å²) in [5, 5.41) is 2.80. The van der Waals surface area contributed by atoms with Crippen LogP contribution in [-0.2, 0) is 19.1 Å². The molecular weight excluding hydrogens is 587 g/mol. The fraction of sp³-hybridized carbons (Fsp3) is 0.645. The van der Waals surface area contributed by atoms with Crippen molar-refractivity contribution < 1.29 is 37.8 Å². The molecule has 0 unspecified atom stereocenters. The lowest BCUT2D eigenvalue weighted by atomic mass is 10.1. The molecule has 0 bridgehead atoms. The van der Waals surface area contributed by atoms with E-state index < -0.39 is 41.5 Å². The Balaban J connectivity index is 1.94. The molecular formula is C31H47FN6O7. The molecule has 0 spiro atoms. The van der Waals surface area contributed by atoms with Crippen LogP contribution in [0.3, 0.4) is 0 Å². The molecule has 1 saturated heterocycles. The smallest absolute Gasteiger partial charge is 0.407 e. The maximum absolute atomic E-state index is 14.5. The van der Waals surface area contributed by atoms with E-state index in [2.05, 4.69) is 5.32 Å². The Morgan fingerprint density at radius 1 is 1.09 bits per heavy atom. The molecule has 13 nitrogen and oxygen atoms in total. The standard InChI is InChI=1S/C31H47FN6O7/c1-31(2,3)45-30(43)33-21-16-22-19-44-25-11-9-20(32)15-23(25)28(41)37(8)24(29(42)35(6)14-13-34(4)5)10-12-26(39)36(7)18-27(40)38(22)17-21/h9,11,15,21-22,24H,10,12-14,16-19H2,1-8H3,(H,33,43)/t21-,22+,24+/m1/s1. The Morgan fingerprint density at radius 3 is 2.42 bits per heavy atom. The van der Waals surface area contributed by atoms with Crippen LogP contribution < -0.4 is 10.1 Å². The van der Waals surface area contributed by atoms with Crippen LogP contribution in [0.5, 0.6) is 5.75 Å². The number of carbonyl (C=O) groups excluding carboxylic acids is 5. The monoisotopic (exact) mass is 634 g/mol. The van der Waals surface area contributed by atoms with Gasteiger partial charge in [0.1, 0.15) is 29.8 Å². The molecule has 3 rings (SSSR count). The first-order chi connectivity index (χ1) is 21.0. The molecule has 0 aromatic heterocycles. The average Bonchev–Trinajstić information content (AvgIpc) is 3.35. The third kappa shape index (κ3) is 9.77. The van der Waals surface area contributed by atoms with Crippen molar-refractivity contribution in [3.8, 4) is 5.75 Å². The normalized spacial score (nSPS) is 21.9. The van der Waals surface area contributed by atoms with Crippen LogP contribution in [0.4, 0.5) is 9.18 Å². The predicted octanol–water partition coefficient (Wildman–Crippen LogP) is 1.41. The number of nitrogens with zero attached hydrogens (tertiary/aromatic N) is 5. The van der Waals surface area contributed by atoms with Crippen molar-refractivity contribution in [2.75, 3.05) is 68.0 Å². The molecule has 0 radical (unpaired) electrons. The van der Waals surface area contributed by atoms with Crippen molar-refractivity contribution in [1.29, 1.82) is 0 Å². The predicted molar refractivity (Wildman–Crippen MR) is 164 cm³/mol. The summed E-state index contributed by atoms with van der Waals surface area (Å²) < 4.78 is 25.9. The molecule has 0 saturated carbocycles.